The van der Waals surface area contributed by atoms with Crippen molar-refractivity contribution >= 4 is 39.3 Å². The number of benzene rings is 1. The van der Waals surface area contributed by atoms with E-state index in [1.807, 2.05) is 42.2 Å². The fourth-order valence-corrected chi connectivity index (χ4v) is 3.23. The zero-order valence-corrected chi connectivity index (χ0v) is 12.9. The number of anilines is 3. The van der Waals surface area contributed by atoms with Gasteiger partial charge in [-0.25, -0.2) is 9.97 Å². The third kappa shape index (κ3) is 1.69. The first-order chi connectivity index (χ1) is 12.9. The monoisotopic (exact) mass is 318 g/mol. The fraction of sp³-hybridized carbons (Fsp3) is 0.105. The second kappa shape index (κ2) is 4.71. The summed E-state index contributed by atoms with van der Waals surface area (Å²) >= 11 is 0. The molecule has 0 bridgehead atoms. The number of furan rings is 1. The summed E-state index contributed by atoms with van der Waals surface area (Å²) in [5, 5.41) is 1.86. The molecule has 4 aromatic rings. The highest BCUT2D eigenvalue weighted by molar-refractivity contribution is 6.09. The lowest BCUT2D eigenvalue weighted by molar-refractivity contribution is 0.653. The van der Waals surface area contributed by atoms with E-state index in [-0.39, 0.29) is 0 Å². The van der Waals surface area contributed by atoms with Crippen molar-refractivity contribution in [1.29, 1.82) is 0 Å². The molecule has 0 saturated heterocycles. The van der Waals surface area contributed by atoms with Crippen molar-refractivity contribution in [3.05, 3.63) is 61.0 Å². The highest BCUT2D eigenvalue weighted by Gasteiger charge is 2.29. The average molecular weight is 318 g/mol. The third-order valence-electron chi connectivity index (χ3n) is 4.32. The molecule has 24 heavy (non-hydrogen) atoms. The first-order valence-electron chi connectivity index (χ1n) is 9.10. The van der Waals surface area contributed by atoms with Gasteiger partial charge in [-0.15, -0.1) is 0 Å². The summed E-state index contributed by atoms with van der Waals surface area (Å²) in [4.78, 5) is 11.6. The minimum absolute atomic E-state index is 0.392. The van der Waals surface area contributed by atoms with Gasteiger partial charge in [-0.05, 0) is 36.8 Å². The molecule has 0 saturated carbocycles. The predicted octanol–water partition coefficient (Wildman–Crippen LogP) is 4.39. The number of aromatic nitrogens is 2. The van der Waals surface area contributed by atoms with Gasteiger partial charge in [0.05, 0.1) is 11.4 Å². The van der Waals surface area contributed by atoms with Gasteiger partial charge in [0, 0.05) is 34.3 Å². The summed E-state index contributed by atoms with van der Waals surface area (Å²) in [5.41, 5.74) is 3.66. The molecule has 1 aromatic carbocycles. The highest BCUT2D eigenvalue weighted by Crippen LogP contribution is 2.45. The molecule has 0 fully saturated rings. The lowest BCUT2D eigenvalue weighted by Gasteiger charge is -2.20. The standard InChI is InChI=1S/C19H15N4O/c1-12-7-8-13-14-5-3-10-21-19(14)24-17(13)16(12)23-11-22(2)18-15(23)6-4-9-20-18/h3-11H,1-2H3/i2D3. The Morgan fingerprint density at radius 2 is 1.92 bits per heavy atom. The Hall–Kier alpha value is -3.08. The van der Waals surface area contributed by atoms with Gasteiger partial charge in [-0.3, -0.25) is 0 Å². The van der Waals surface area contributed by atoms with E-state index >= 15 is 0 Å². The lowest BCUT2D eigenvalue weighted by atomic mass is 10.1. The van der Waals surface area contributed by atoms with Crippen LogP contribution in [0.15, 0.2) is 53.2 Å². The van der Waals surface area contributed by atoms with Crippen molar-refractivity contribution in [1.82, 2.24) is 9.97 Å². The second-order valence-corrected chi connectivity index (χ2v) is 5.77. The molecule has 0 spiro atoms. The van der Waals surface area contributed by atoms with E-state index in [0.29, 0.717) is 22.8 Å². The van der Waals surface area contributed by atoms with Crippen LogP contribution >= 0.6 is 0 Å². The van der Waals surface area contributed by atoms with Crippen LogP contribution in [0, 0.1) is 13.6 Å². The van der Waals surface area contributed by atoms with Crippen LogP contribution in [0.25, 0.3) is 22.1 Å². The quantitative estimate of drug-likeness (QED) is 0.521. The number of pyridine rings is 2. The molecule has 1 aliphatic rings. The maximum Gasteiger partial charge on any atom is 0.227 e. The van der Waals surface area contributed by atoms with Gasteiger partial charge in [0.15, 0.2) is 11.4 Å². The Kier molecular flexibility index (Phi) is 2.09. The number of aryl methyl sites for hydroxylation is 1. The van der Waals surface area contributed by atoms with Crippen LogP contribution in [0.4, 0.5) is 17.2 Å². The molecule has 0 aliphatic carbocycles. The van der Waals surface area contributed by atoms with Crippen molar-refractivity contribution in [3.63, 3.8) is 0 Å². The Labute approximate surface area is 143 Å². The molecule has 0 N–H and O–H groups in total. The first-order valence-corrected chi connectivity index (χ1v) is 7.60. The minimum Gasteiger partial charge on any atom is -0.435 e. The first kappa shape index (κ1) is 10.6. The van der Waals surface area contributed by atoms with E-state index in [1.165, 1.54) is 4.90 Å². The fourth-order valence-electron chi connectivity index (χ4n) is 3.23. The van der Waals surface area contributed by atoms with E-state index in [2.05, 4.69) is 9.97 Å². The summed E-state index contributed by atoms with van der Waals surface area (Å²) in [5.74, 6) is 0.392. The van der Waals surface area contributed by atoms with E-state index in [0.717, 1.165) is 22.0 Å². The van der Waals surface area contributed by atoms with Crippen LogP contribution in [0.5, 0.6) is 0 Å². The van der Waals surface area contributed by atoms with Crippen LogP contribution in [0.2, 0.25) is 0 Å². The van der Waals surface area contributed by atoms with Crippen LogP contribution in [-0.4, -0.2) is 16.9 Å². The largest absolute Gasteiger partial charge is 0.435 e. The molecule has 117 valence electrons. The van der Waals surface area contributed by atoms with Crippen molar-refractivity contribution in [3.8, 4) is 0 Å². The van der Waals surface area contributed by atoms with Crippen LogP contribution in [0.1, 0.15) is 9.68 Å². The average Bonchev–Trinajstić information content (AvgIpc) is 3.20. The number of rotatable bonds is 1. The number of nitrogens with zero attached hydrogens (tertiary/aromatic N) is 4. The second-order valence-electron chi connectivity index (χ2n) is 5.77. The molecule has 5 nitrogen and oxygen atoms in total. The minimum atomic E-state index is -2.34. The molecule has 5 heteroatoms. The van der Waals surface area contributed by atoms with E-state index in [1.54, 1.807) is 25.1 Å². The molecule has 0 unspecified atom stereocenters. The Morgan fingerprint density at radius 1 is 1.04 bits per heavy atom. The SMILES string of the molecule is [2H]C([2H])([2H])N1[CH]N(c2c(C)ccc3c2oc2ncccc23)c2cccnc21. The highest BCUT2D eigenvalue weighted by atomic mass is 16.3. The predicted molar refractivity (Wildman–Crippen MR) is 95.3 cm³/mol. The molecule has 5 rings (SSSR count). The summed E-state index contributed by atoms with van der Waals surface area (Å²) in [6.45, 7) is 1.19. The summed E-state index contributed by atoms with van der Waals surface area (Å²) in [6, 6.07) is 11.5. The van der Waals surface area contributed by atoms with Crippen molar-refractivity contribution in [2.75, 3.05) is 16.8 Å². The van der Waals surface area contributed by atoms with Gasteiger partial charge in [-0.1, -0.05) is 12.1 Å². The molecule has 1 radical (unpaired) electrons. The third-order valence-corrected chi connectivity index (χ3v) is 4.32. The smallest absolute Gasteiger partial charge is 0.227 e. The van der Waals surface area contributed by atoms with Gasteiger partial charge in [0.25, 0.3) is 0 Å². The number of hydrogen-bond donors (Lipinski definition) is 0. The van der Waals surface area contributed by atoms with Crippen molar-refractivity contribution in [2.24, 2.45) is 0 Å². The summed E-state index contributed by atoms with van der Waals surface area (Å²) in [6.07, 6.45) is 3.28. The molecule has 0 atom stereocenters. The van der Waals surface area contributed by atoms with Crippen LogP contribution in [-0.2, 0) is 0 Å². The van der Waals surface area contributed by atoms with Gasteiger partial charge in [0.2, 0.25) is 5.71 Å². The molecular formula is C19H15N4O. The maximum absolute atomic E-state index is 7.84. The zero-order valence-electron chi connectivity index (χ0n) is 15.9. The molecule has 0 amide bonds. The maximum atomic E-state index is 7.84. The van der Waals surface area contributed by atoms with Crippen LogP contribution < -0.4 is 9.80 Å². The van der Waals surface area contributed by atoms with Gasteiger partial charge < -0.3 is 14.2 Å². The van der Waals surface area contributed by atoms with Crippen LogP contribution in [0.3, 0.4) is 0 Å². The van der Waals surface area contributed by atoms with E-state index in [9.17, 15) is 0 Å². The van der Waals surface area contributed by atoms with E-state index in [4.69, 9.17) is 8.53 Å². The van der Waals surface area contributed by atoms with Gasteiger partial charge in [-0.2, -0.15) is 0 Å². The zero-order chi connectivity index (χ0) is 18.8. The number of hydrogen-bond acceptors (Lipinski definition) is 5. The molecule has 3 aromatic heterocycles. The molecular weight excluding hydrogens is 300 g/mol. The Bertz CT molecular complexity index is 1180. The Morgan fingerprint density at radius 3 is 2.83 bits per heavy atom. The van der Waals surface area contributed by atoms with Gasteiger partial charge >= 0.3 is 0 Å². The normalized spacial score (nSPS) is 16.3. The van der Waals surface area contributed by atoms with Crippen molar-refractivity contribution in [2.45, 2.75) is 6.92 Å². The molecule has 1 aliphatic heterocycles. The number of fused-ring (bicyclic) bond motifs is 4. The van der Waals surface area contributed by atoms with E-state index < -0.39 is 6.98 Å². The van der Waals surface area contributed by atoms with Gasteiger partial charge in [0.1, 0.15) is 6.67 Å². The lowest BCUT2D eigenvalue weighted by Crippen LogP contribution is -2.18. The summed E-state index contributed by atoms with van der Waals surface area (Å²) < 4.78 is 29.6. The van der Waals surface area contributed by atoms with Crippen molar-refractivity contribution < 1.29 is 8.53 Å². The topological polar surface area (TPSA) is 45.4 Å². The Balaban J connectivity index is 1.78. The molecule has 4 heterocycles. The summed E-state index contributed by atoms with van der Waals surface area (Å²) in [7, 11) is 0.